The lowest BCUT2D eigenvalue weighted by atomic mass is 9.68. The highest BCUT2D eigenvalue weighted by atomic mass is 16.7. The molecule has 11 nitrogen and oxygen atoms in total. The summed E-state index contributed by atoms with van der Waals surface area (Å²) in [5.41, 5.74) is 0.689. The van der Waals surface area contributed by atoms with Crippen LogP contribution in [0.25, 0.3) is 0 Å². The predicted molar refractivity (Wildman–Crippen MR) is 121 cm³/mol. The summed E-state index contributed by atoms with van der Waals surface area (Å²) in [5, 5.41) is 60.3. The fourth-order valence-corrected chi connectivity index (χ4v) is 4.79. The number of carbonyl (C=O) groups excluding carboxylic acids is 1. The maximum absolute atomic E-state index is 11.9. The highest BCUT2D eigenvalue weighted by Gasteiger charge is 2.46. The number of aliphatic hydroxyl groups is 6. The quantitative estimate of drug-likeness (QED) is 0.230. The third kappa shape index (κ3) is 6.55. The topological polar surface area (TPSA) is 175 Å². The van der Waals surface area contributed by atoms with Crippen molar-refractivity contribution < 1.29 is 54.4 Å². The van der Waals surface area contributed by atoms with E-state index in [9.17, 15) is 35.4 Å². The van der Waals surface area contributed by atoms with Crippen LogP contribution < -0.4 is 0 Å². The Kier molecular flexibility index (Phi) is 9.25. The molecule has 11 atom stereocenters. The molecule has 0 aromatic carbocycles. The van der Waals surface area contributed by atoms with E-state index in [1.807, 2.05) is 26.8 Å². The zero-order valence-corrected chi connectivity index (χ0v) is 20.4. The number of rotatable bonds is 7. The van der Waals surface area contributed by atoms with E-state index < -0.39 is 61.4 Å². The summed E-state index contributed by atoms with van der Waals surface area (Å²) >= 11 is 0. The molecule has 0 radical (unpaired) electrons. The molecule has 2 saturated heterocycles. The molecule has 11 heteroatoms. The minimum absolute atomic E-state index is 0.0211. The first kappa shape index (κ1) is 28.3. The average Bonchev–Trinajstić information content (AvgIpc) is 2.76. The van der Waals surface area contributed by atoms with Gasteiger partial charge in [0, 0.05) is 12.3 Å². The van der Waals surface area contributed by atoms with E-state index >= 15 is 0 Å². The van der Waals surface area contributed by atoms with Crippen molar-refractivity contribution in [3.63, 3.8) is 0 Å². The number of ketones is 1. The van der Waals surface area contributed by atoms with E-state index in [-0.39, 0.29) is 30.3 Å². The SMILES string of the molecule is CC1=CC(=O)CC(C)(C)[C@H]1/C=C\[C@H](C)O[C@@H]1O[C@H](CO[C@@H]2OC[C@@H](O)[C@@H](O)[C@H]2O)[C@@H](O)[C@H](O)[C@H]1O. The van der Waals surface area contributed by atoms with Crippen LogP contribution in [-0.2, 0) is 23.7 Å². The molecule has 3 aliphatic rings. The van der Waals surface area contributed by atoms with Gasteiger partial charge in [0.1, 0.15) is 42.7 Å². The monoisotopic (exact) mass is 502 g/mol. The Morgan fingerprint density at radius 2 is 1.71 bits per heavy atom. The first-order valence-corrected chi connectivity index (χ1v) is 11.8. The van der Waals surface area contributed by atoms with E-state index in [1.165, 1.54) is 0 Å². The van der Waals surface area contributed by atoms with Crippen LogP contribution in [-0.4, -0.2) is 111 Å². The number of allylic oxidation sites excluding steroid dienone is 3. The lowest BCUT2D eigenvalue weighted by molar-refractivity contribution is -0.324. The van der Waals surface area contributed by atoms with Gasteiger partial charge in [-0.3, -0.25) is 4.79 Å². The van der Waals surface area contributed by atoms with Gasteiger partial charge in [-0.25, -0.2) is 0 Å². The van der Waals surface area contributed by atoms with E-state index in [0.29, 0.717) is 6.42 Å². The van der Waals surface area contributed by atoms with Crippen LogP contribution in [0.15, 0.2) is 23.8 Å². The molecule has 200 valence electrons. The Bertz CT molecular complexity index is 796. The lowest BCUT2D eigenvalue weighted by Gasteiger charge is -2.42. The predicted octanol–water partition coefficient (Wildman–Crippen LogP) is -1.23. The smallest absolute Gasteiger partial charge is 0.187 e. The van der Waals surface area contributed by atoms with Gasteiger partial charge in [0.15, 0.2) is 18.4 Å². The van der Waals surface area contributed by atoms with Gasteiger partial charge in [-0.05, 0) is 25.3 Å². The molecule has 6 N–H and O–H groups in total. The largest absolute Gasteiger partial charge is 0.388 e. The van der Waals surface area contributed by atoms with Crippen LogP contribution in [0.2, 0.25) is 0 Å². The van der Waals surface area contributed by atoms with Crippen molar-refractivity contribution in [2.24, 2.45) is 11.3 Å². The van der Waals surface area contributed by atoms with Crippen LogP contribution in [0.4, 0.5) is 0 Å². The highest BCUT2D eigenvalue weighted by Crippen LogP contribution is 2.40. The second-order valence-corrected chi connectivity index (χ2v) is 10.3. The molecule has 0 aromatic rings. The van der Waals surface area contributed by atoms with Gasteiger partial charge in [0.25, 0.3) is 0 Å². The Morgan fingerprint density at radius 3 is 2.37 bits per heavy atom. The standard InChI is InChI=1S/C24H38O11/c1-11-7-13(25)8-24(3,4)14(11)6-5-12(2)34-23-21(31)19(29)18(28)16(35-23)10-33-22-20(30)17(27)15(26)9-32-22/h5-7,12,14-23,26-31H,8-10H2,1-4H3/b6-5-/t12-,14-,15+,16+,17+,18+,19-,20+,21+,22-,23+/m0/s1. The molecular formula is C24H38O11. The molecular weight excluding hydrogens is 464 g/mol. The summed E-state index contributed by atoms with van der Waals surface area (Å²) in [6, 6.07) is 0. The van der Waals surface area contributed by atoms with Crippen LogP contribution >= 0.6 is 0 Å². The number of hydrogen-bond acceptors (Lipinski definition) is 11. The second kappa shape index (κ2) is 11.4. The molecule has 0 spiro atoms. The van der Waals surface area contributed by atoms with Crippen LogP contribution in [0.3, 0.4) is 0 Å². The van der Waals surface area contributed by atoms with Crippen molar-refractivity contribution in [2.45, 2.75) is 95.5 Å². The molecule has 35 heavy (non-hydrogen) atoms. The van der Waals surface area contributed by atoms with Gasteiger partial charge in [0.05, 0.1) is 19.3 Å². The first-order valence-electron chi connectivity index (χ1n) is 11.8. The molecule has 3 rings (SSSR count). The maximum atomic E-state index is 11.9. The molecule has 2 fully saturated rings. The van der Waals surface area contributed by atoms with Crippen LogP contribution in [0.1, 0.15) is 34.1 Å². The molecule has 0 aromatic heterocycles. The van der Waals surface area contributed by atoms with Crippen molar-refractivity contribution in [3.05, 3.63) is 23.8 Å². The van der Waals surface area contributed by atoms with Gasteiger partial charge in [0.2, 0.25) is 0 Å². The van der Waals surface area contributed by atoms with Crippen LogP contribution in [0, 0.1) is 11.3 Å². The van der Waals surface area contributed by atoms with Gasteiger partial charge >= 0.3 is 0 Å². The summed E-state index contributed by atoms with van der Waals surface area (Å²) in [4.78, 5) is 11.9. The average molecular weight is 503 g/mol. The molecule has 0 amide bonds. The van der Waals surface area contributed by atoms with Gasteiger partial charge < -0.3 is 49.6 Å². The van der Waals surface area contributed by atoms with E-state index in [1.54, 1.807) is 19.1 Å². The van der Waals surface area contributed by atoms with Gasteiger partial charge in [-0.15, -0.1) is 0 Å². The Labute approximate surface area is 204 Å². The Hall–Kier alpha value is -1.25. The number of carbonyl (C=O) groups is 1. The Balaban J connectivity index is 1.60. The van der Waals surface area contributed by atoms with E-state index in [2.05, 4.69) is 0 Å². The summed E-state index contributed by atoms with van der Waals surface area (Å²) in [5.74, 6) is 0.116. The summed E-state index contributed by atoms with van der Waals surface area (Å²) < 4.78 is 22.0. The first-order chi connectivity index (χ1) is 16.3. The van der Waals surface area contributed by atoms with Crippen molar-refractivity contribution in [2.75, 3.05) is 13.2 Å². The molecule has 0 unspecified atom stereocenters. The van der Waals surface area contributed by atoms with Gasteiger partial charge in [-0.2, -0.15) is 0 Å². The molecule has 2 heterocycles. The highest BCUT2D eigenvalue weighted by molar-refractivity contribution is 5.92. The fraction of sp³-hybridized carbons (Fsp3) is 0.792. The van der Waals surface area contributed by atoms with Crippen molar-refractivity contribution in [1.82, 2.24) is 0 Å². The lowest BCUT2D eigenvalue weighted by Crippen LogP contribution is -2.60. The zero-order chi connectivity index (χ0) is 26.1. The van der Waals surface area contributed by atoms with Crippen molar-refractivity contribution in [3.8, 4) is 0 Å². The summed E-state index contributed by atoms with van der Waals surface area (Å²) in [7, 11) is 0. The van der Waals surface area contributed by atoms with Crippen molar-refractivity contribution in [1.29, 1.82) is 0 Å². The summed E-state index contributed by atoms with van der Waals surface area (Å²) in [6.07, 6.45) is -7.31. The maximum Gasteiger partial charge on any atom is 0.187 e. The van der Waals surface area contributed by atoms with Crippen LogP contribution in [0.5, 0.6) is 0 Å². The Morgan fingerprint density at radius 1 is 1.06 bits per heavy atom. The molecule has 0 bridgehead atoms. The molecule has 1 aliphatic carbocycles. The van der Waals surface area contributed by atoms with Gasteiger partial charge in [-0.1, -0.05) is 31.6 Å². The normalized spacial score (nSPS) is 43.3. The van der Waals surface area contributed by atoms with E-state index in [0.717, 1.165) is 5.57 Å². The van der Waals surface area contributed by atoms with Crippen molar-refractivity contribution >= 4 is 5.78 Å². The molecule has 2 aliphatic heterocycles. The fourth-order valence-electron chi connectivity index (χ4n) is 4.79. The zero-order valence-electron chi connectivity index (χ0n) is 20.4. The third-order valence-electron chi connectivity index (χ3n) is 6.82. The minimum Gasteiger partial charge on any atom is -0.388 e. The number of aliphatic hydroxyl groups excluding tert-OH is 6. The molecule has 0 saturated carbocycles. The summed E-state index contributed by atoms with van der Waals surface area (Å²) in [6.45, 7) is 7.06. The number of hydrogen-bond donors (Lipinski definition) is 6. The minimum atomic E-state index is -1.59. The third-order valence-corrected chi connectivity index (χ3v) is 6.82. The van der Waals surface area contributed by atoms with E-state index in [4.69, 9.17) is 18.9 Å². The number of ether oxygens (including phenoxy) is 4. The second-order valence-electron chi connectivity index (χ2n) is 10.3.